The lowest BCUT2D eigenvalue weighted by atomic mass is 10.1. The van der Waals surface area contributed by atoms with Crippen LogP contribution in [0.15, 0.2) is 34.1 Å². The van der Waals surface area contributed by atoms with Crippen molar-refractivity contribution in [2.24, 2.45) is 0 Å². The normalized spacial score (nSPS) is 19.6. The van der Waals surface area contributed by atoms with Crippen LogP contribution in [0.4, 0.5) is 0 Å². The second kappa shape index (κ2) is 7.89. The van der Waals surface area contributed by atoms with E-state index in [0.29, 0.717) is 0 Å². The molecule has 2 fully saturated rings. The minimum atomic E-state index is -3.72. The molecule has 0 aromatic heterocycles. The predicted octanol–water partition coefficient (Wildman–Crippen LogP) is 0.922. The van der Waals surface area contributed by atoms with Crippen LogP contribution in [-0.4, -0.2) is 53.4 Å². The Hall–Kier alpha value is -0.710. The van der Waals surface area contributed by atoms with Crippen molar-refractivity contribution in [1.29, 1.82) is 0 Å². The summed E-state index contributed by atoms with van der Waals surface area (Å²) in [5, 5.41) is 3.20. The number of hydrogen-bond acceptors (Lipinski definition) is 5. The van der Waals surface area contributed by atoms with Gasteiger partial charge in [0.15, 0.2) is 0 Å². The van der Waals surface area contributed by atoms with Crippen molar-refractivity contribution in [3.05, 3.63) is 24.3 Å². The van der Waals surface area contributed by atoms with Crippen molar-refractivity contribution in [3.8, 4) is 0 Å². The minimum absolute atomic E-state index is 0. The Kier molecular flexibility index (Phi) is 6.50. The van der Waals surface area contributed by atoms with E-state index in [1.165, 1.54) is 28.6 Å². The Bertz CT molecular complexity index is 804. The Balaban J connectivity index is 0.00000225. The highest BCUT2D eigenvalue weighted by atomic mass is 35.5. The lowest BCUT2D eigenvalue weighted by molar-refractivity contribution is 0.296. The molecule has 142 valence electrons. The largest absolute Gasteiger partial charge is 0.317 e. The summed E-state index contributed by atoms with van der Waals surface area (Å²) in [6, 6.07) is 5.51. The van der Waals surface area contributed by atoms with Gasteiger partial charge in [-0.15, -0.1) is 12.4 Å². The van der Waals surface area contributed by atoms with Gasteiger partial charge in [0.05, 0.1) is 9.79 Å². The van der Waals surface area contributed by atoms with Crippen LogP contribution in [0.3, 0.4) is 0 Å². The van der Waals surface area contributed by atoms with E-state index in [-0.39, 0.29) is 34.3 Å². The standard InChI is InChI=1S/C15H23N3O4S2.ClH/c1-18(13-7-9-16-10-8-13)24(21,22)15-4-2-3-14(11-15)23(19,20)17-12-5-6-12;/h2-4,11-13,16-17H,5-10H2,1H3;1H. The fraction of sp³-hybridized carbons (Fsp3) is 0.600. The van der Waals surface area contributed by atoms with Gasteiger partial charge < -0.3 is 5.32 Å². The molecule has 1 aliphatic heterocycles. The quantitative estimate of drug-likeness (QED) is 0.728. The smallest absolute Gasteiger partial charge is 0.243 e. The zero-order valence-electron chi connectivity index (χ0n) is 14.0. The molecule has 2 aliphatic rings. The summed E-state index contributed by atoms with van der Waals surface area (Å²) in [6.07, 6.45) is 3.15. The van der Waals surface area contributed by atoms with Crippen LogP contribution in [0.5, 0.6) is 0 Å². The molecule has 10 heteroatoms. The Labute approximate surface area is 155 Å². The van der Waals surface area contributed by atoms with Crippen molar-refractivity contribution >= 4 is 32.5 Å². The van der Waals surface area contributed by atoms with Gasteiger partial charge in [-0.1, -0.05) is 6.07 Å². The first-order valence-corrected chi connectivity index (χ1v) is 11.0. The highest BCUT2D eigenvalue weighted by Gasteiger charge is 2.31. The third-order valence-electron chi connectivity index (χ3n) is 4.51. The van der Waals surface area contributed by atoms with Gasteiger partial charge in [0.25, 0.3) is 0 Å². The van der Waals surface area contributed by atoms with Crippen LogP contribution in [0.2, 0.25) is 0 Å². The van der Waals surface area contributed by atoms with Crippen molar-refractivity contribution in [2.45, 2.75) is 47.6 Å². The molecule has 25 heavy (non-hydrogen) atoms. The fourth-order valence-electron chi connectivity index (χ4n) is 2.82. The number of hydrogen-bond donors (Lipinski definition) is 2. The zero-order chi connectivity index (χ0) is 17.4. The van der Waals surface area contributed by atoms with Crippen LogP contribution in [-0.2, 0) is 20.0 Å². The minimum Gasteiger partial charge on any atom is -0.317 e. The van der Waals surface area contributed by atoms with Crippen molar-refractivity contribution in [2.75, 3.05) is 20.1 Å². The average Bonchev–Trinajstić information content (AvgIpc) is 3.38. The predicted molar refractivity (Wildman–Crippen MR) is 97.9 cm³/mol. The second-order valence-corrected chi connectivity index (χ2v) is 10.1. The summed E-state index contributed by atoms with van der Waals surface area (Å²) in [5.74, 6) is 0. The van der Waals surface area contributed by atoms with E-state index in [4.69, 9.17) is 0 Å². The molecular weight excluding hydrogens is 386 g/mol. The third-order valence-corrected chi connectivity index (χ3v) is 7.94. The maximum Gasteiger partial charge on any atom is 0.243 e. The van der Waals surface area contributed by atoms with E-state index in [1.54, 1.807) is 7.05 Å². The van der Waals surface area contributed by atoms with Crippen LogP contribution in [0, 0.1) is 0 Å². The van der Waals surface area contributed by atoms with Gasteiger partial charge in [-0.3, -0.25) is 0 Å². The molecule has 1 saturated heterocycles. The SMILES string of the molecule is CN(C1CCNCC1)S(=O)(=O)c1cccc(S(=O)(=O)NC2CC2)c1.Cl. The van der Waals surface area contributed by atoms with Gasteiger partial charge in [-0.05, 0) is 57.0 Å². The zero-order valence-corrected chi connectivity index (χ0v) is 16.5. The van der Waals surface area contributed by atoms with Crippen LogP contribution >= 0.6 is 12.4 Å². The number of sulfonamides is 2. The fourth-order valence-corrected chi connectivity index (χ4v) is 5.71. The highest BCUT2D eigenvalue weighted by Crippen LogP contribution is 2.25. The van der Waals surface area contributed by atoms with E-state index in [2.05, 4.69) is 10.0 Å². The molecular formula is C15H24ClN3O4S2. The number of halogens is 1. The molecule has 0 radical (unpaired) electrons. The summed E-state index contributed by atoms with van der Waals surface area (Å²) >= 11 is 0. The monoisotopic (exact) mass is 409 g/mol. The molecule has 1 heterocycles. The summed E-state index contributed by atoms with van der Waals surface area (Å²) in [7, 11) is -5.83. The third kappa shape index (κ3) is 4.72. The molecule has 1 aliphatic carbocycles. The van der Waals surface area contributed by atoms with Crippen molar-refractivity contribution in [1.82, 2.24) is 14.3 Å². The first-order valence-electron chi connectivity index (χ1n) is 8.12. The molecule has 2 N–H and O–H groups in total. The van der Waals surface area contributed by atoms with Crippen LogP contribution in [0.25, 0.3) is 0 Å². The van der Waals surface area contributed by atoms with E-state index in [0.717, 1.165) is 38.8 Å². The molecule has 1 aromatic rings. The topological polar surface area (TPSA) is 95.6 Å². The number of piperidine rings is 1. The number of nitrogens with zero attached hydrogens (tertiary/aromatic N) is 1. The molecule has 0 spiro atoms. The van der Waals surface area contributed by atoms with Gasteiger partial charge in [-0.25, -0.2) is 21.6 Å². The first-order chi connectivity index (χ1) is 11.3. The van der Waals surface area contributed by atoms with Gasteiger partial charge >= 0.3 is 0 Å². The molecule has 0 bridgehead atoms. The van der Waals surface area contributed by atoms with E-state index in [1.807, 2.05) is 0 Å². The summed E-state index contributed by atoms with van der Waals surface area (Å²) < 4.78 is 54.2. The molecule has 7 nitrogen and oxygen atoms in total. The van der Waals surface area contributed by atoms with E-state index in [9.17, 15) is 16.8 Å². The Morgan fingerprint density at radius 2 is 1.64 bits per heavy atom. The molecule has 1 saturated carbocycles. The number of rotatable bonds is 6. The van der Waals surface area contributed by atoms with Gasteiger partial charge in [0.2, 0.25) is 20.0 Å². The second-order valence-electron chi connectivity index (χ2n) is 6.37. The molecule has 0 atom stereocenters. The van der Waals surface area contributed by atoms with E-state index < -0.39 is 20.0 Å². The van der Waals surface area contributed by atoms with Crippen LogP contribution in [0.1, 0.15) is 25.7 Å². The summed E-state index contributed by atoms with van der Waals surface area (Å²) in [4.78, 5) is 0.0105. The maximum absolute atomic E-state index is 12.8. The number of benzene rings is 1. The summed E-state index contributed by atoms with van der Waals surface area (Å²) in [6.45, 7) is 1.56. The lowest BCUT2D eigenvalue weighted by Crippen LogP contribution is -2.43. The lowest BCUT2D eigenvalue weighted by Gasteiger charge is -2.30. The molecule has 0 unspecified atom stereocenters. The summed E-state index contributed by atoms with van der Waals surface area (Å²) in [5.41, 5.74) is 0. The van der Waals surface area contributed by atoms with Crippen molar-refractivity contribution in [3.63, 3.8) is 0 Å². The molecule has 1 aromatic carbocycles. The molecule has 3 rings (SSSR count). The molecule has 0 amide bonds. The Morgan fingerprint density at radius 1 is 1.04 bits per heavy atom. The highest BCUT2D eigenvalue weighted by molar-refractivity contribution is 7.90. The van der Waals surface area contributed by atoms with E-state index >= 15 is 0 Å². The van der Waals surface area contributed by atoms with Gasteiger partial charge in [0.1, 0.15) is 0 Å². The Morgan fingerprint density at radius 3 is 2.24 bits per heavy atom. The van der Waals surface area contributed by atoms with Gasteiger partial charge in [-0.2, -0.15) is 4.31 Å². The van der Waals surface area contributed by atoms with Gasteiger partial charge in [0, 0.05) is 19.1 Å². The van der Waals surface area contributed by atoms with Crippen LogP contribution < -0.4 is 10.0 Å². The first kappa shape index (κ1) is 20.6. The average molecular weight is 410 g/mol. The van der Waals surface area contributed by atoms with Crippen molar-refractivity contribution < 1.29 is 16.8 Å². The maximum atomic E-state index is 12.8. The number of nitrogens with one attached hydrogen (secondary N) is 2.